The minimum absolute atomic E-state index is 0. The molecule has 6 nitrogen and oxygen atoms in total. The second-order valence-electron chi connectivity index (χ2n) is 10.3. The fourth-order valence-corrected chi connectivity index (χ4v) is 5.41. The minimum atomic E-state index is -0.0178. The quantitative estimate of drug-likeness (QED) is 0.312. The third-order valence-corrected chi connectivity index (χ3v) is 7.50. The number of hydrogen-bond donors (Lipinski definition) is 2. The van der Waals surface area contributed by atoms with Gasteiger partial charge in [-0.15, -0.1) is 24.0 Å². The van der Waals surface area contributed by atoms with Gasteiger partial charge in [0.05, 0.1) is 6.54 Å². The van der Waals surface area contributed by atoms with Crippen molar-refractivity contribution in [3.8, 4) is 0 Å². The lowest BCUT2D eigenvalue weighted by Crippen LogP contribution is -2.50. The molecule has 1 amide bonds. The Morgan fingerprint density at radius 2 is 1.85 bits per heavy atom. The van der Waals surface area contributed by atoms with Crippen molar-refractivity contribution in [1.82, 2.24) is 20.4 Å². The largest absolute Gasteiger partial charge is 0.357 e. The van der Waals surface area contributed by atoms with Crippen LogP contribution in [0, 0.1) is 5.92 Å². The van der Waals surface area contributed by atoms with E-state index in [9.17, 15) is 4.79 Å². The van der Waals surface area contributed by atoms with Crippen molar-refractivity contribution in [1.29, 1.82) is 0 Å². The van der Waals surface area contributed by atoms with E-state index in [2.05, 4.69) is 65.5 Å². The van der Waals surface area contributed by atoms with Crippen LogP contribution < -0.4 is 10.6 Å². The highest BCUT2D eigenvalue weighted by Crippen LogP contribution is 2.28. The fraction of sp³-hybridized carbons (Fsp3) is 0.692. The van der Waals surface area contributed by atoms with E-state index in [1.54, 1.807) is 0 Å². The summed E-state index contributed by atoms with van der Waals surface area (Å²) in [6, 6.07) is 9.08. The molecular formula is C26H42IN5O. The molecule has 1 saturated carbocycles. The Hall–Kier alpha value is -1.35. The number of hydrogen-bond acceptors (Lipinski definition) is 3. The first-order valence-corrected chi connectivity index (χ1v) is 12.6. The molecule has 184 valence electrons. The standard InChI is InChI=1S/C26H41N5O.HI/c1-4-27-25(29-23-14-15-30(18-23)24(32)21-10-6-7-11-21)28-19-26(2,3)31-16-13-20-9-5-8-12-22(20)17-31;/h5,8-9,12,21,23H,4,6-7,10-11,13-19H2,1-3H3,(H2,27,28,29);1H. The number of rotatable bonds is 6. The van der Waals surface area contributed by atoms with Crippen molar-refractivity contribution in [3.05, 3.63) is 35.4 Å². The van der Waals surface area contributed by atoms with E-state index >= 15 is 0 Å². The van der Waals surface area contributed by atoms with Crippen LogP contribution in [0.15, 0.2) is 29.3 Å². The maximum atomic E-state index is 12.8. The van der Waals surface area contributed by atoms with Gasteiger partial charge < -0.3 is 15.5 Å². The zero-order chi connectivity index (χ0) is 22.6. The number of benzene rings is 1. The Kier molecular flexibility index (Phi) is 9.44. The Bertz CT molecular complexity index is 821. The van der Waals surface area contributed by atoms with Crippen LogP contribution in [0.4, 0.5) is 0 Å². The summed E-state index contributed by atoms with van der Waals surface area (Å²) in [5.74, 6) is 1.52. The molecule has 0 bridgehead atoms. The Labute approximate surface area is 217 Å². The Morgan fingerprint density at radius 1 is 1.12 bits per heavy atom. The van der Waals surface area contributed by atoms with Crippen LogP contribution in [0.25, 0.3) is 0 Å². The lowest BCUT2D eigenvalue weighted by Gasteiger charge is -2.41. The van der Waals surface area contributed by atoms with Crippen molar-refractivity contribution in [2.75, 3.05) is 32.7 Å². The van der Waals surface area contributed by atoms with E-state index < -0.39 is 0 Å². The average molecular weight is 568 g/mol. The van der Waals surface area contributed by atoms with Gasteiger partial charge in [0.1, 0.15) is 0 Å². The Balaban J connectivity index is 0.00000306. The summed E-state index contributed by atoms with van der Waals surface area (Å²) in [4.78, 5) is 22.4. The van der Waals surface area contributed by atoms with Gasteiger partial charge >= 0.3 is 0 Å². The molecule has 1 saturated heterocycles. The summed E-state index contributed by atoms with van der Waals surface area (Å²) in [5, 5.41) is 7.03. The van der Waals surface area contributed by atoms with Crippen molar-refractivity contribution < 1.29 is 4.79 Å². The molecule has 2 N–H and O–H groups in total. The lowest BCUT2D eigenvalue weighted by molar-refractivity contribution is -0.134. The molecule has 0 spiro atoms. The molecule has 2 heterocycles. The molecule has 1 aliphatic carbocycles. The maximum absolute atomic E-state index is 12.8. The zero-order valence-electron chi connectivity index (χ0n) is 20.6. The predicted octanol–water partition coefficient (Wildman–Crippen LogP) is 3.79. The van der Waals surface area contributed by atoms with Gasteiger partial charge in [0.15, 0.2) is 5.96 Å². The van der Waals surface area contributed by atoms with Crippen LogP contribution >= 0.6 is 24.0 Å². The number of guanidine groups is 1. The van der Waals surface area contributed by atoms with Crippen LogP contribution in [0.1, 0.15) is 64.0 Å². The third-order valence-electron chi connectivity index (χ3n) is 7.50. The summed E-state index contributed by atoms with van der Waals surface area (Å²) in [6.07, 6.45) is 6.67. The fourth-order valence-electron chi connectivity index (χ4n) is 5.41. The van der Waals surface area contributed by atoms with Gasteiger partial charge in [0.25, 0.3) is 0 Å². The highest BCUT2D eigenvalue weighted by Gasteiger charge is 2.33. The molecule has 7 heteroatoms. The molecular weight excluding hydrogens is 525 g/mol. The number of fused-ring (bicyclic) bond motifs is 1. The van der Waals surface area contributed by atoms with E-state index in [0.717, 1.165) is 70.9 Å². The van der Waals surface area contributed by atoms with Gasteiger partial charge in [-0.25, -0.2) is 0 Å². The first kappa shape index (κ1) is 26.3. The van der Waals surface area contributed by atoms with Gasteiger partial charge in [-0.1, -0.05) is 37.1 Å². The van der Waals surface area contributed by atoms with Crippen LogP contribution in [-0.4, -0.2) is 66.0 Å². The van der Waals surface area contributed by atoms with Gasteiger partial charge in [-0.3, -0.25) is 14.7 Å². The second kappa shape index (κ2) is 11.9. The molecule has 4 rings (SSSR count). The van der Waals surface area contributed by atoms with E-state index in [1.807, 2.05) is 0 Å². The van der Waals surface area contributed by atoms with Gasteiger partial charge in [-0.05, 0) is 57.6 Å². The molecule has 1 atom stereocenters. The number of amides is 1. The summed E-state index contributed by atoms with van der Waals surface area (Å²) < 4.78 is 0. The van der Waals surface area contributed by atoms with Crippen LogP contribution in [-0.2, 0) is 17.8 Å². The number of aliphatic imine (C=N–C) groups is 1. The molecule has 0 radical (unpaired) electrons. The van der Waals surface area contributed by atoms with E-state index in [1.165, 1.54) is 24.0 Å². The highest BCUT2D eigenvalue weighted by atomic mass is 127. The second-order valence-corrected chi connectivity index (χ2v) is 10.3. The molecule has 1 aromatic carbocycles. The number of halogens is 1. The molecule has 1 aromatic rings. The summed E-state index contributed by atoms with van der Waals surface area (Å²) in [6.45, 7) is 12.0. The van der Waals surface area contributed by atoms with Crippen molar-refractivity contribution in [3.63, 3.8) is 0 Å². The highest BCUT2D eigenvalue weighted by molar-refractivity contribution is 14.0. The zero-order valence-corrected chi connectivity index (χ0v) is 22.9. The third kappa shape index (κ3) is 6.62. The normalized spacial score (nSPS) is 22.1. The molecule has 33 heavy (non-hydrogen) atoms. The minimum Gasteiger partial charge on any atom is -0.357 e. The predicted molar refractivity (Wildman–Crippen MR) is 146 cm³/mol. The van der Waals surface area contributed by atoms with Crippen LogP contribution in [0.2, 0.25) is 0 Å². The van der Waals surface area contributed by atoms with Crippen molar-refractivity contribution in [2.24, 2.45) is 10.9 Å². The number of carbonyl (C=O) groups excluding carboxylic acids is 1. The molecule has 3 aliphatic rings. The lowest BCUT2D eigenvalue weighted by atomic mass is 9.94. The maximum Gasteiger partial charge on any atom is 0.225 e. The number of nitrogens with zero attached hydrogens (tertiary/aromatic N) is 3. The van der Waals surface area contributed by atoms with E-state index in [4.69, 9.17) is 4.99 Å². The molecule has 2 aliphatic heterocycles. The topological polar surface area (TPSA) is 60.0 Å². The number of carbonyl (C=O) groups is 1. The van der Waals surface area contributed by atoms with Crippen LogP contribution in [0.5, 0.6) is 0 Å². The monoisotopic (exact) mass is 567 g/mol. The van der Waals surface area contributed by atoms with Crippen LogP contribution in [0.3, 0.4) is 0 Å². The summed E-state index contributed by atoms with van der Waals surface area (Å²) in [7, 11) is 0. The van der Waals surface area contributed by atoms with Crippen molar-refractivity contribution in [2.45, 2.75) is 77.4 Å². The molecule has 1 unspecified atom stereocenters. The van der Waals surface area contributed by atoms with Gasteiger partial charge in [0.2, 0.25) is 5.91 Å². The van der Waals surface area contributed by atoms with Gasteiger partial charge in [0, 0.05) is 50.2 Å². The first-order valence-electron chi connectivity index (χ1n) is 12.6. The van der Waals surface area contributed by atoms with Crippen molar-refractivity contribution >= 4 is 35.8 Å². The Morgan fingerprint density at radius 3 is 2.58 bits per heavy atom. The molecule has 0 aromatic heterocycles. The smallest absolute Gasteiger partial charge is 0.225 e. The van der Waals surface area contributed by atoms with E-state index in [0.29, 0.717) is 5.91 Å². The summed E-state index contributed by atoms with van der Waals surface area (Å²) in [5.41, 5.74) is 2.91. The van der Waals surface area contributed by atoms with E-state index in [-0.39, 0.29) is 41.5 Å². The number of nitrogens with one attached hydrogen (secondary N) is 2. The average Bonchev–Trinajstić information content (AvgIpc) is 3.49. The first-order chi connectivity index (χ1) is 15.5. The SMILES string of the molecule is CCNC(=NCC(C)(C)N1CCc2ccccc2C1)NC1CCN(C(=O)C2CCCC2)C1.I. The van der Waals surface area contributed by atoms with Gasteiger partial charge in [-0.2, -0.15) is 0 Å². The molecule has 2 fully saturated rings. The summed E-state index contributed by atoms with van der Waals surface area (Å²) >= 11 is 0. The number of likely N-dealkylation sites (tertiary alicyclic amines) is 1.